The van der Waals surface area contributed by atoms with Crippen molar-refractivity contribution in [2.45, 2.75) is 0 Å². The minimum atomic E-state index is -0.169. The molecule has 0 bridgehead atoms. The SMILES string of the molecule is COc1ccc(/C=C2/N=C(c3ccc(OC)cc3)N(c3ccccc3)C2=O)cc1. The molecule has 1 aliphatic heterocycles. The van der Waals surface area contributed by atoms with E-state index in [1.807, 2.05) is 78.9 Å². The van der Waals surface area contributed by atoms with Crippen molar-refractivity contribution >= 4 is 23.5 Å². The van der Waals surface area contributed by atoms with Crippen LogP contribution in [0.1, 0.15) is 11.1 Å². The maximum Gasteiger partial charge on any atom is 0.282 e. The van der Waals surface area contributed by atoms with Gasteiger partial charge >= 0.3 is 0 Å². The quantitative estimate of drug-likeness (QED) is 0.607. The van der Waals surface area contributed by atoms with Crippen LogP contribution in [0, 0.1) is 0 Å². The van der Waals surface area contributed by atoms with Gasteiger partial charge in [0.15, 0.2) is 0 Å². The van der Waals surface area contributed by atoms with Crippen LogP contribution in [0.3, 0.4) is 0 Å². The van der Waals surface area contributed by atoms with E-state index in [2.05, 4.69) is 4.99 Å². The van der Waals surface area contributed by atoms with Crippen molar-refractivity contribution < 1.29 is 14.3 Å². The van der Waals surface area contributed by atoms with Gasteiger partial charge in [-0.2, -0.15) is 0 Å². The standard InChI is InChI=1S/C24H20N2O3/c1-28-20-12-8-17(9-13-20)16-22-24(27)26(19-6-4-3-5-7-19)23(25-22)18-10-14-21(29-2)15-11-18/h3-16H,1-2H3/b22-16+. The second-order valence-corrected chi connectivity index (χ2v) is 6.44. The number of methoxy groups -OCH3 is 2. The van der Waals surface area contributed by atoms with Crippen molar-refractivity contribution in [3.05, 3.63) is 95.7 Å². The molecule has 0 saturated heterocycles. The summed E-state index contributed by atoms with van der Waals surface area (Å²) >= 11 is 0. The van der Waals surface area contributed by atoms with Gasteiger partial charge in [0.1, 0.15) is 23.0 Å². The van der Waals surface area contributed by atoms with E-state index in [4.69, 9.17) is 9.47 Å². The summed E-state index contributed by atoms with van der Waals surface area (Å²) in [5.74, 6) is 1.93. The Kier molecular flexibility index (Phi) is 5.12. The van der Waals surface area contributed by atoms with Gasteiger partial charge in [0, 0.05) is 5.56 Å². The number of carbonyl (C=O) groups excluding carboxylic acids is 1. The number of benzene rings is 3. The molecule has 5 nitrogen and oxygen atoms in total. The van der Waals surface area contributed by atoms with Gasteiger partial charge in [-0.1, -0.05) is 30.3 Å². The van der Waals surface area contributed by atoms with Crippen LogP contribution >= 0.6 is 0 Å². The van der Waals surface area contributed by atoms with Crippen LogP contribution in [0.2, 0.25) is 0 Å². The zero-order chi connectivity index (χ0) is 20.2. The molecule has 5 heteroatoms. The predicted molar refractivity (Wildman–Crippen MR) is 114 cm³/mol. The normalized spacial score (nSPS) is 14.8. The number of carbonyl (C=O) groups is 1. The van der Waals surface area contributed by atoms with Crippen molar-refractivity contribution in [1.29, 1.82) is 0 Å². The molecular formula is C24H20N2O3. The fourth-order valence-corrected chi connectivity index (χ4v) is 3.13. The number of anilines is 1. The van der Waals surface area contributed by atoms with Gasteiger partial charge in [0.2, 0.25) is 0 Å². The maximum absolute atomic E-state index is 13.2. The topological polar surface area (TPSA) is 51.1 Å². The smallest absolute Gasteiger partial charge is 0.282 e. The van der Waals surface area contributed by atoms with E-state index in [-0.39, 0.29) is 5.91 Å². The zero-order valence-electron chi connectivity index (χ0n) is 16.2. The third-order valence-corrected chi connectivity index (χ3v) is 4.64. The summed E-state index contributed by atoms with van der Waals surface area (Å²) in [4.78, 5) is 19.5. The average molecular weight is 384 g/mol. The van der Waals surface area contributed by atoms with E-state index in [1.54, 1.807) is 25.2 Å². The number of ether oxygens (including phenoxy) is 2. The molecule has 0 spiro atoms. The molecule has 3 aromatic rings. The fraction of sp³-hybridized carbons (Fsp3) is 0.0833. The van der Waals surface area contributed by atoms with E-state index >= 15 is 0 Å². The highest BCUT2D eigenvalue weighted by Gasteiger charge is 2.32. The maximum atomic E-state index is 13.2. The van der Waals surface area contributed by atoms with Crippen molar-refractivity contribution in [1.82, 2.24) is 0 Å². The minimum absolute atomic E-state index is 0.169. The first-order valence-electron chi connectivity index (χ1n) is 9.18. The molecule has 0 fully saturated rings. The Morgan fingerprint density at radius 2 is 1.38 bits per heavy atom. The lowest BCUT2D eigenvalue weighted by molar-refractivity contribution is -0.113. The monoisotopic (exact) mass is 384 g/mol. The number of hydrogen-bond donors (Lipinski definition) is 0. The third kappa shape index (κ3) is 3.75. The summed E-state index contributed by atoms with van der Waals surface area (Å²) in [6, 6.07) is 24.5. The third-order valence-electron chi connectivity index (χ3n) is 4.64. The van der Waals surface area contributed by atoms with Crippen LogP contribution in [-0.2, 0) is 4.79 Å². The summed E-state index contributed by atoms with van der Waals surface area (Å²) in [5, 5.41) is 0. The highest BCUT2D eigenvalue weighted by molar-refractivity contribution is 6.33. The first-order valence-corrected chi connectivity index (χ1v) is 9.18. The summed E-state index contributed by atoms with van der Waals surface area (Å²) in [6.45, 7) is 0. The molecular weight excluding hydrogens is 364 g/mol. The zero-order valence-corrected chi connectivity index (χ0v) is 16.2. The summed E-state index contributed by atoms with van der Waals surface area (Å²) < 4.78 is 10.4. The number of rotatable bonds is 5. The Morgan fingerprint density at radius 3 is 1.97 bits per heavy atom. The number of nitrogens with zero attached hydrogens (tertiary/aromatic N) is 2. The molecule has 0 aromatic heterocycles. The largest absolute Gasteiger partial charge is 0.497 e. The lowest BCUT2D eigenvalue weighted by Gasteiger charge is -2.18. The highest BCUT2D eigenvalue weighted by Crippen LogP contribution is 2.28. The van der Waals surface area contributed by atoms with Crippen LogP contribution in [0.5, 0.6) is 11.5 Å². The van der Waals surface area contributed by atoms with Gasteiger partial charge < -0.3 is 9.47 Å². The van der Waals surface area contributed by atoms with Gasteiger partial charge in [0.05, 0.1) is 19.9 Å². The fourth-order valence-electron chi connectivity index (χ4n) is 3.13. The van der Waals surface area contributed by atoms with Crippen molar-refractivity contribution in [2.24, 2.45) is 4.99 Å². The van der Waals surface area contributed by atoms with E-state index in [0.29, 0.717) is 11.5 Å². The highest BCUT2D eigenvalue weighted by atomic mass is 16.5. The van der Waals surface area contributed by atoms with E-state index in [9.17, 15) is 4.79 Å². The molecule has 0 radical (unpaired) electrons. The molecule has 4 rings (SSSR count). The van der Waals surface area contributed by atoms with Crippen molar-refractivity contribution in [2.75, 3.05) is 19.1 Å². The molecule has 0 atom stereocenters. The number of aliphatic imine (C=N–C) groups is 1. The molecule has 1 amide bonds. The molecule has 144 valence electrons. The molecule has 0 unspecified atom stereocenters. The van der Waals surface area contributed by atoms with Gasteiger partial charge in [-0.05, 0) is 60.2 Å². The first-order chi connectivity index (χ1) is 14.2. The molecule has 1 heterocycles. The molecule has 0 aliphatic carbocycles. The number of amidine groups is 1. The number of hydrogen-bond acceptors (Lipinski definition) is 4. The Hall–Kier alpha value is -3.86. The molecule has 0 N–H and O–H groups in total. The average Bonchev–Trinajstić information content (AvgIpc) is 3.11. The van der Waals surface area contributed by atoms with Crippen molar-refractivity contribution in [3.63, 3.8) is 0 Å². The van der Waals surface area contributed by atoms with Gasteiger partial charge in [-0.15, -0.1) is 0 Å². The second-order valence-electron chi connectivity index (χ2n) is 6.44. The van der Waals surface area contributed by atoms with Gasteiger partial charge in [-0.25, -0.2) is 4.99 Å². The number of amides is 1. The molecule has 3 aromatic carbocycles. The summed E-state index contributed by atoms with van der Waals surface area (Å²) in [6.07, 6.45) is 1.79. The van der Waals surface area contributed by atoms with Gasteiger partial charge in [0.25, 0.3) is 5.91 Å². The first kappa shape index (κ1) is 18.5. The Bertz CT molecular complexity index is 1070. The lowest BCUT2D eigenvalue weighted by atomic mass is 10.1. The van der Waals surface area contributed by atoms with Crippen LogP contribution in [-0.4, -0.2) is 26.0 Å². The summed E-state index contributed by atoms with van der Waals surface area (Å²) in [7, 11) is 3.24. The van der Waals surface area contributed by atoms with E-state index in [1.165, 1.54) is 0 Å². The molecule has 29 heavy (non-hydrogen) atoms. The minimum Gasteiger partial charge on any atom is -0.497 e. The lowest BCUT2D eigenvalue weighted by Crippen LogP contribution is -2.32. The van der Waals surface area contributed by atoms with Crippen LogP contribution < -0.4 is 14.4 Å². The van der Waals surface area contributed by atoms with E-state index in [0.717, 1.165) is 28.3 Å². The van der Waals surface area contributed by atoms with Crippen molar-refractivity contribution in [3.8, 4) is 11.5 Å². The Balaban J connectivity index is 1.77. The molecule has 1 aliphatic rings. The second kappa shape index (κ2) is 8.02. The van der Waals surface area contributed by atoms with Gasteiger partial charge in [-0.3, -0.25) is 9.69 Å². The molecule has 0 saturated carbocycles. The Labute approximate surface area is 169 Å². The summed E-state index contributed by atoms with van der Waals surface area (Å²) in [5.41, 5.74) is 2.86. The predicted octanol–water partition coefficient (Wildman–Crippen LogP) is 4.54. The number of para-hydroxylation sites is 1. The Morgan fingerprint density at radius 1 is 0.793 bits per heavy atom. The van der Waals surface area contributed by atoms with Crippen LogP contribution in [0.4, 0.5) is 5.69 Å². The van der Waals surface area contributed by atoms with E-state index < -0.39 is 0 Å². The van der Waals surface area contributed by atoms with Crippen LogP contribution in [0.25, 0.3) is 6.08 Å². The van der Waals surface area contributed by atoms with Crippen LogP contribution in [0.15, 0.2) is 89.6 Å².